The van der Waals surface area contributed by atoms with Crippen molar-refractivity contribution >= 4 is 15.8 Å². The SMILES string of the molecule is CS(=O)(=O)c1cn[nH]c1[C@@H]1CCCCN1c1ncccn1. The topological polar surface area (TPSA) is 91.8 Å². The molecule has 1 fully saturated rings. The van der Waals surface area contributed by atoms with E-state index in [0.717, 1.165) is 25.8 Å². The highest BCUT2D eigenvalue weighted by Gasteiger charge is 2.31. The average molecular weight is 307 g/mol. The Morgan fingerprint density at radius 2 is 2.05 bits per heavy atom. The van der Waals surface area contributed by atoms with Crippen LogP contribution in [0, 0.1) is 0 Å². The van der Waals surface area contributed by atoms with Gasteiger partial charge < -0.3 is 4.90 Å². The van der Waals surface area contributed by atoms with E-state index in [1.54, 1.807) is 18.5 Å². The van der Waals surface area contributed by atoms with Gasteiger partial charge in [0.25, 0.3) is 0 Å². The van der Waals surface area contributed by atoms with E-state index in [0.29, 0.717) is 11.6 Å². The Balaban J connectivity index is 2.01. The van der Waals surface area contributed by atoms with Crippen LogP contribution in [0.4, 0.5) is 5.95 Å². The first kappa shape index (κ1) is 14.0. The predicted octanol–water partition coefficient (Wildman–Crippen LogP) is 1.33. The summed E-state index contributed by atoms with van der Waals surface area (Å²) in [6.07, 6.45) is 8.89. The zero-order chi connectivity index (χ0) is 14.9. The van der Waals surface area contributed by atoms with Gasteiger partial charge in [-0.25, -0.2) is 18.4 Å². The zero-order valence-corrected chi connectivity index (χ0v) is 12.5. The molecule has 3 rings (SSSR count). The van der Waals surface area contributed by atoms with Crippen LogP contribution in [0.15, 0.2) is 29.6 Å². The second-order valence-corrected chi connectivity index (χ2v) is 7.16. The van der Waals surface area contributed by atoms with Gasteiger partial charge in [-0.05, 0) is 25.3 Å². The molecule has 1 N–H and O–H groups in total. The van der Waals surface area contributed by atoms with E-state index in [9.17, 15) is 8.42 Å². The van der Waals surface area contributed by atoms with Gasteiger partial charge >= 0.3 is 0 Å². The zero-order valence-electron chi connectivity index (χ0n) is 11.7. The molecule has 0 radical (unpaired) electrons. The Bertz CT molecular complexity index is 713. The van der Waals surface area contributed by atoms with Gasteiger partial charge in [0.2, 0.25) is 5.95 Å². The van der Waals surface area contributed by atoms with E-state index in [-0.39, 0.29) is 10.9 Å². The molecule has 0 saturated carbocycles. The number of nitrogens with one attached hydrogen (secondary N) is 1. The maximum atomic E-state index is 11.9. The molecule has 21 heavy (non-hydrogen) atoms. The number of hydrogen-bond acceptors (Lipinski definition) is 6. The number of nitrogens with zero attached hydrogens (tertiary/aromatic N) is 4. The molecule has 1 saturated heterocycles. The number of aromatic nitrogens is 4. The van der Waals surface area contributed by atoms with Gasteiger partial charge in [-0.2, -0.15) is 5.10 Å². The molecule has 0 unspecified atom stereocenters. The lowest BCUT2D eigenvalue weighted by Gasteiger charge is -2.35. The quantitative estimate of drug-likeness (QED) is 0.920. The van der Waals surface area contributed by atoms with Crippen molar-refractivity contribution in [2.45, 2.75) is 30.2 Å². The number of anilines is 1. The second-order valence-electron chi connectivity index (χ2n) is 5.17. The van der Waals surface area contributed by atoms with Crippen molar-refractivity contribution in [3.05, 3.63) is 30.4 Å². The average Bonchev–Trinajstić information content (AvgIpc) is 2.98. The summed E-state index contributed by atoms with van der Waals surface area (Å²) >= 11 is 0. The van der Waals surface area contributed by atoms with Crippen LogP contribution in [0.1, 0.15) is 31.0 Å². The Labute approximate surface area is 123 Å². The van der Waals surface area contributed by atoms with Gasteiger partial charge in [-0.1, -0.05) is 0 Å². The fourth-order valence-corrected chi connectivity index (χ4v) is 3.56. The summed E-state index contributed by atoms with van der Waals surface area (Å²) in [6.45, 7) is 0.802. The van der Waals surface area contributed by atoms with Crippen molar-refractivity contribution in [2.75, 3.05) is 17.7 Å². The molecule has 0 amide bonds. The van der Waals surface area contributed by atoms with E-state index in [1.807, 2.05) is 4.90 Å². The van der Waals surface area contributed by atoms with Crippen LogP contribution in [-0.4, -0.2) is 41.4 Å². The molecule has 1 aliphatic rings. The number of H-pyrrole nitrogens is 1. The van der Waals surface area contributed by atoms with E-state index < -0.39 is 9.84 Å². The minimum atomic E-state index is -3.31. The normalized spacial score (nSPS) is 19.7. The molecule has 0 aromatic carbocycles. The summed E-state index contributed by atoms with van der Waals surface area (Å²) in [5.41, 5.74) is 0.629. The Kier molecular flexibility index (Phi) is 3.62. The summed E-state index contributed by atoms with van der Waals surface area (Å²) in [5, 5.41) is 6.78. The predicted molar refractivity (Wildman–Crippen MR) is 77.7 cm³/mol. The monoisotopic (exact) mass is 307 g/mol. The van der Waals surface area contributed by atoms with Crippen molar-refractivity contribution in [2.24, 2.45) is 0 Å². The van der Waals surface area contributed by atoms with Crippen LogP contribution in [0.2, 0.25) is 0 Å². The van der Waals surface area contributed by atoms with Crippen LogP contribution in [0.5, 0.6) is 0 Å². The van der Waals surface area contributed by atoms with Crippen LogP contribution in [-0.2, 0) is 9.84 Å². The van der Waals surface area contributed by atoms with E-state index >= 15 is 0 Å². The molecule has 0 aliphatic carbocycles. The number of aromatic amines is 1. The molecular weight excluding hydrogens is 290 g/mol. The summed E-state index contributed by atoms with van der Waals surface area (Å²) < 4.78 is 23.8. The van der Waals surface area contributed by atoms with Crippen molar-refractivity contribution in [3.63, 3.8) is 0 Å². The molecular formula is C13H17N5O2S. The summed E-state index contributed by atoms with van der Waals surface area (Å²) in [4.78, 5) is 10.9. The molecule has 2 aromatic heterocycles. The molecule has 8 heteroatoms. The Hall–Kier alpha value is -1.96. The van der Waals surface area contributed by atoms with Crippen molar-refractivity contribution in [3.8, 4) is 0 Å². The first-order chi connectivity index (χ1) is 10.1. The summed E-state index contributed by atoms with van der Waals surface area (Å²) in [6, 6.07) is 1.67. The lowest BCUT2D eigenvalue weighted by molar-refractivity contribution is 0.452. The third-order valence-corrected chi connectivity index (χ3v) is 4.80. The van der Waals surface area contributed by atoms with Gasteiger partial charge in [-0.15, -0.1) is 0 Å². The first-order valence-electron chi connectivity index (χ1n) is 6.84. The number of piperidine rings is 1. The van der Waals surface area contributed by atoms with Crippen LogP contribution in [0.25, 0.3) is 0 Å². The van der Waals surface area contributed by atoms with Gasteiger partial charge in [0, 0.05) is 25.2 Å². The Morgan fingerprint density at radius 1 is 1.29 bits per heavy atom. The number of hydrogen-bond donors (Lipinski definition) is 1. The molecule has 1 atom stereocenters. The third-order valence-electron chi connectivity index (χ3n) is 3.68. The molecule has 3 heterocycles. The van der Waals surface area contributed by atoms with Gasteiger partial charge in [0.1, 0.15) is 4.90 Å². The molecule has 0 bridgehead atoms. The second kappa shape index (κ2) is 5.44. The minimum absolute atomic E-state index is 0.0895. The van der Waals surface area contributed by atoms with E-state index in [1.165, 1.54) is 12.5 Å². The smallest absolute Gasteiger partial charge is 0.225 e. The Morgan fingerprint density at radius 3 is 2.76 bits per heavy atom. The van der Waals surface area contributed by atoms with Gasteiger partial charge in [0.15, 0.2) is 9.84 Å². The maximum Gasteiger partial charge on any atom is 0.225 e. The molecule has 0 spiro atoms. The van der Waals surface area contributed by atoms with Gasteiger partial charge in [0.05, 0.1) is 17.9 Å². The number of sulfone groups is 1. The largest absolute Gasteiger partial charge is 0.332 e. The third kappa shape index (κ3) is 2.76. The minimum Gasteiger partial charge on any atom is -0.332 e. The lowest BCUT2D eigenvalue weighted by atomic mass is 10.00. The van der Waals surface area contributed by atoms with Crippen LogP contribution < -0.4 is 4.90 Å². The van der Waals surface area contributed by atoms with Crippen molar-refractivity contribution in [1.29, 1.82) is 0 Å². The first-order valence-corrected chi connectivity index (χ1v) is 8.73. The van der Waals surface area contributed by atoms with E-state index in [4.69, 9.17) is 0 Å². The molecule has 2 aromatic rings. The summed E-state index contributed by atoms with van der Waals surface area (Å²) in [5.74, 6) is 0.622. The number of rotatable bonds is 3. The van der Waals surface area contributed by atoms with E-state index in [2.05, 4.69) is 20.2 Å². The van der Waals surface area contributed by atoms with Crippen LogP contribution in [0.3, 0.4) is 0 Å². The maximum absolute atomic E-state index is 11.9. The standard InChI is InChI=1S/C13H17N5O2S/c1-21(19,20)11-9-16-17-12(11)10-5-2-3-8-18(10)13-14-6-4-7-15-13/h4,6-7,9-10H,2-3,5,8H2,1H3,(H,16,17)/t10-/m0/s1. The lowest BCUT2D eigenvalue weighted by Crippen LogP contribution is -2.35. The highest BCUT2D eigenvalue weighted by Crippen LogP contribution is 2.34. The highest BCUT2D eigenvalue weighted by molar-refractivity contribution is 7.90. The van der Waals surface area contributed by atoms with Gasteiger partial charge in [-0.3, -0.25) is 5.10 Å². The molecule has 1 aliphatic heterocycles. The van der Waals surface area contributed by atoms with Crippen LogP contribution >= 0.6 is 0 Å². The molecule has 112 valence electrons. The van der Waals surface area contributed by atoms with Crippen molar-refractivity contribution < 1.29 is 8.42 Å². The highest BCUT2D eigenvalue weighted by atomic mass is 32.2. The fraction of sp³-hybridized carbons (Fsp3) is 0.462. The summed E-state index contributed by atoms with van der Waals surface area (Å²) in [7, 11) is -3.31. The molecule has 7 nitrogen and oxygen atoms in total. The fourth-order valence-electron chi connectivity index (χ4n) is 2.73. The van der Waals surface area contributed by atoms with Crippen molar-refractivity contribution in [1.82, 2.24) is 20.2 Å².